The second kappa shape index (κ2) is 7.56. The molecule has 0 radical (unpaired) electrons. The Balaban J connectivity index is 1.59. The summed E-state index contributed by atoms with van der Waals surface area (Å²) in [6, 6.07) is 13.0. The van der Waals surface area contributed by atoms with Crippen molar-refractivity contribution in [2.24, 2.45) is 0 Å². The number of furan rings is 1. The van der Waals surface area contributed by atoms with Crippen LogP contribution in [0.25, 0.3) is 22.6 Å². The molecule has 0 aliphatic carbocycles. The molecular weight excluding hydrogens is 358 g/mol. The number of carbonyl (C=O) groups excluding carboxylic acids is 1. The summed E-state index contributed by atoms with van der Waals surface area (Å²) in [7, 11) is 1.63. The highest BCUT2D eigenvalue weighted by Crippen LogP contribution is 2.27. The first-order valence-electron chi connectivity index (χ1n) is 8.88. The van der Waals surface area contributed by atoms with Gasteiger partial charge in [0.15, 0.2) is 5.76 Å². The lowest BCUT2D eigenvalue weighted by Crippen LogP contribution is -2.26. The van der Waals surface area contributed by atoms with Crippen LogP contribution in [-0.4, -0.2) is 29.7 Å². The molecule has 28 heavy (non-hydrogen) atoms. The largest absolute Gasteiger partial charge is 0.496 e. The number of amides is 1. The van der Waals surface area contributed by atoms with Gasteiger partial charge in [0.1, 0.15) is 11.4 Å². The first-order chi connectivity index (χ1) is 13.7. The summed E-state index contributed by atoms with van der Waals surface area (Å²) in [5.74, 6) is 1.14. The number of benzene rings is 1. The van der Waals surface area contributed by atoms with Gasteiger partial charge in [0.05, 0.1) is 30.0 Å². The van der Waals surface area contributed by atoms with E-state index in [1.165, 1.54) is 0 Å². The van der Waals surface area contributed by atoms with Gasteiger partial charge in [-0.2, -0.15) is 0 Å². The Labute approximate surface area is 161 Å². The lowest BCUT2D eigenvalue weighted by molar-refractivity contribution is 0.0955. The molecule has 0 saturated heterocycles. The van der Waals surface area contributed by atoms with Crippen LogP contribution in [0.3, 0.4) is 0 Å². The molecule has 0 aliphatic heterocycles. The molecule has 0 spiro atoms. The zero-order valence-electron chi connectivity index (χ0n) is 15.6. The SMILES string of the molecule is COc1ccccc1CCNC(=O)c1cc(-c2ccco2)nc2onc(C)c12. The molecule has 7 nitrogen and oxygen atoms in total. The molecule has 4 rings (SSSR count). The molecule has 0 saturated carbocycles. The number of nitrogens with one attached hydrogen (secondary N) is 1. The van der Waals surface area contributed by atoms with E-state index in [2.05, 4.69) is 15.5 Å². The number of aromatic nitrogens is 2. The average Bonchev–Trinajstić information content (AvgIpc) is 3.38. The van der Waals surface area contributed by atoms with Crippen LogP contribution in [0.4, 0.5) is 0 Å². The Bertz CT molecular complexity index is 1120. The highest BCUT2D eigenvalue weighted by molar-refractivity contribution is 6.06. The Morgan fingerprint density at radius 3 is 2.86 bits per heavy atom. The predicted octanol–water partition coefficient (Wildman–Crippen LogP) is 3.77. The number of hydrogen-bond acceptors (Lipinski definition) is 6. The van der Waals surface area contributed by atoms with Crippen molar-refractivity contribution >= 4 is 17.0 Å². The molecule has 0 fully saturated rings. The Morgan fingerprint density at radius 1 is 1.21 bits per heavy atom. The quantitative estimate of drug-likeness (QED) is 0.550. The van der Waals surface area contributed by atoms with Gasteiger partial charge < -0.3 is 19.0 Å². The molecule has 3 heterocycles. The summed E-state index contributed by atoms with van der Waals surface area (Å²) in [6.07, 6.45) is 2.21. The summed E-state index contributed by atoms with van der Waals surface area (Å²) in [4.78, 5) is 17.3. The molecule has 1 amide bonds. The molecule has 142 valence electrons. The Kier molecular flexibility index (Phi) is 4.80. The Hall–Kier alpha value is -3.61. The van der Waals surface area contributed by atoms with Crippen molar-refractivity contribution in [2.45, 2.75) is 13.3 Å². The minimum atomic E-state index is -0.221. The van der Waals surface area contributed by atoms with Crippen molar-refractivity contribution in [1.82, 2.24) is 15.5 Å². The van der Waals surface area contributed by atoms with Crippen LogP contribution in [0.2, 0.25) is 0 Å². The molecular formula is C21H19N3O4. The molecule has 0 unspecified atom stereocenters. The van der Waals surface area contributed by atoms with E-state index in [1.807, 2.05) is 24.3 Å². The van der Waals surface area contributed by atoms with Crippen molar-refractivity contribution in [1.29, 1.82) is 0 Å². The molecule has 7 heteroatoms. The summed E-state index contributed by atoms with van der Waals surface area (Å²) < 4.78 is 16.0. The van der Waals surface area contributed by atoms with Gasteiger partial charge >= 0.3 is 0 Å². The van der Waals surface area contributed by atoms with Crippen LogP contribution in [0, 0.1) is 6.92 Å². The average molecular weight is 377 g/mol. The van der Waals surface area contributed by atoms with E-state index in [-0.39, 0.29) is 5.91 Å². The number of nitrogens with zero attached hydrogens (tertiary/aromatic N) is 2. The fourth-order valence-electron chi connectivity index (χ4n) is 3.14. The number of rotatable bonds is 6. The third kappa shape index (κ3) is 3.34. The van der Waals surface area contributed by atoms with Gasteiger partial charge in [0.25, 0.3) is 11.6 Å². The number of ether oxygens (including phenoxy) is 1. The first kappa shape index (κ1) is 17.8. The van der Waals surface area contributed by atoms with Crippen LogP contribution >= 0.6 is 0 Å². The molecule has 0 aliphatic rings. The summed E-state index contributed by atoms with van der Waals surface area (Å²) >= 11 is 0. The van der Waals surface area contributed by atoms with Crippen molar-refractivity contribution in [3.05, 3.63) is 65.5 Å². The van der Waals surface area contributed by atoms with Gasteiger partial charge in [0.2, 0.25) is 0 Å². The normalized spacial score (nSPS) is 10.9. The van der Waals surface area contributed by atoms with Crippen LogP contribution in [0.1, 0.15) is 21.6 Å². The maximum absolute atomic E-state index is 12.9. The predicted molar refractivity (Wildman–Crippen MR) is 103 cm³/mol. The Morgan fingerprint density at radius 2 is 2.07 bits per heavy atom. The fraction of sp³-hybridized carbons (Fsp3) is 0.190. The second-order valence-electron chi connectivity index (χ2n) is 6.30. The third-order valence-electron chi connectivity index (χ3n) is 4.51. The lowest BCUT2D eigenvalue weighted by Gasteiger charge is -2.10. The van der Waals surface area contributed by atoms with Crippen molar-refractivity contribution in [3.63, 3.8) is 0 Å². The molecule has 0 atom stereocenters. The minimum Gasteiger partial charge on any atom is -0.496 e. The highest BCUT2D eigenvalue weighted by Gasteiger charge is 2.20. The monoisotopic (exact) mass is 377 g/mol. The van der Waals surface area contributed by atoms with E-state index in [1.54, 1.807) is 38.5 Å². The number of para-hydroxylation sites is 1. The van der Waals surface area contributed by atoms with E-state index in [0.29, 0.717) is 46.8 Å². The van der Waals surface area contributed by atoms with Crippen LogP contribution in [0.15, 0.2) is 57.7 Å². The van der Waals surface area contributed by atoms with E-state index in [9.17, 15) is 4.79 Å². The smallest absolute Gasteiger partial charge is 0.259 e. The maximum Gasteiger partial charge on any atom is 0.259 e. The fourth-order valence-corrected chi connectivity index (χ4v) is 3.14. The summed E-state index contributed by atoms with van der Waals surface area (Å²) in [6.45, 7) is 2.25. The van der Waals surface area contributed by atoms with E-state index < -0.39 is 0 Å². The zero-order valence-corrected chi connectivity index (χ0v) is 15.6. The molecule has 4 aromatic rings. The maximum atomic E-state index is 12.9. The molecule has 3 aromatic heterocycles. The van der Waals surface area contributed by atoms with Gasteiger partial charge in [0, 0.05) is 6.54 Å². The van der Waals surface area contributed by atoms with Gasteiger partial charge in [-0.1, -0.05) is 23.4 Å². The third-order valence-corrected chi connectivity index (χ3v) is 4.51. The number of pyridine rings is 1. The van der Waals surface area contributed by atoms with Crippen molar-refractivity contribution in [3.8, 4) is 17.2 Å². The molecule has 1 N–H and O–H groups in total. The minimum absolute atomic E-state index is 0.221. The van der Waals surface area contributed by atoms with Gasteiger partial charge in [-0.15, -0.1) is 0 Å². The van der Waals surface area contributed by atoms with Gasteiger partial charge in [-0.25, -0.2) is 4.98 Å². The zero-order chi connectivity index (χ0) is 19.5. The summed E-state index contributed by atoms with van der Waals surface area (Å²) in [5.41, 5.74) is 2.92. The number of fused-ring (bicyclic) bond motifs is 1. The first-order valence-corrected chi connectivity index (χ1v) is 8.88. The molecule has 0 bridgehead atoms. The number of hydrogen-bond donors (Lipinski definition) is 1. The van der Waals surface area contributed by atoms with Crippen molar-refractivity contribution < 1.29 is 18.5 Å². The number of methoxy groups -OCH3 is 1. The van der Waals surface area contributed by atoms with E-state index in [4.69, 9.17) is 13.7 Å². The summed E-state index contributed by atoms with van der Waals surface area (Å²) in [5, 5.41) is 7.51. The van der Waals surface area contributed by atoms with Crippen molar-refractivity contribution in [2.75, 3.05) is 13.7 Å². The molecule has 1 aromatic carbocycles. The topological polar surface area (TPSA) is 90.4 Å². The number of carbonyl (C=O) groups is 1. The second-order valence-corrected chi connectivity index (χ2v) is 6.30. The van der Waals surface area contributed by atoms with E-state index in [0.717, 1.165) is 11.3 Å². The lowest BCUT2D eigenvalue weighted by atomic mass is 10.1. The highest BCUT2D eigenvalue weighted by atomic mass is 16.5. The van der Waals surface area contributed by atoms with Crippen LogP contribution < -0.4 is 10.1 Å². The van der Waals surface area contributed by atoms with E-state index >= 15 is 0 Å². The van der Waals surface area contributed by atoms with Crippen LogP contribution in [0.5, 0.6) is 5.75 Å². The number of aryl methyl sites for hydroxylation is 1. The standard InChI is InChI=1S/C21H19N3O4/c1-13-19-15(12-16(18-8-5-11-27-18)23-21(19)28-24-13)20(25)22-10-9-14-6-3-4-7-17(14)26-2/h3-8,11-12H,9-10H2,1-2H3,(H,22,25). The van der Waals surface area contributed by atoms with Crippen LogP contribution in [-0.2, 0) is 6.42 Å². The van der Waals surface area contributed by atoms with Gasteiger partial charge in [-0.05, 0) is 43.2 Å². The van der Waals surface area contributed by atoms with Gasteiger partial charge in [-0.3, -0.25) is 4.79 Å².